The van der Waals surface area contributed by atoms with E-state index in [4.69, 9.17) is 9.68 Å². The first-order valence-electron chi connectivity index (χ1n) is 4.08. The summed E-state index contributed by atoms with van der Waals surface area (Å²) >= 11 is 0. The molecule has 13 heavy (non-hydrogen) atoms. The van der Waals surface area contributed by atoms with Gasteiger partial charge in [-0.05, 0) is 20.8 Å². The molecule has 4 nitrogen and oxygen atoms in total. The highest BCUT2D eigenvalue weighted by Crippen LogP contribution is 2.14. The van der Waals surface area contributed by atoms with Crippen molar-refractivity contribution >= 4 is 0 Å². The predicted molar refractivity (Wildman–Crippen MR) is 47.7 cm³/mol. The molecule has 4 heteroatoms. The molecule has 1 heterocycles. The Balaban J connectivity index is 2.72. The minimum absolute atomic E-state index is 0.118. The number of hydrogen-bond donors (Lipinski definition) is 1. The molecule has 0 aromatic carbocycles. The zero-order valence-corrected chi connectivity index (χ0v) is 8.03. The highest BCUT2D eigenvalue weighted by Gasteiger charge is 2.20. The van der Waals surface area contributed by atoms with E-state index in [-0.39, 0.29) is 5.54 Å². The van der Waals surface area contributed by atoms with Crippen LogP contribution in [0.25, 0.3) is 0 Å². The van der Waals surface area contributed by atoms with Crippen LogP contribution in [-0.2, 0) is 0 Å². The standard InChI is InChI=1S/C9H13N3O/c1-9(2,3)12-7(4-10)8-5-11-6-13-8/h5-7,12H,1-3H3. The molecule has 0 amide bonds. The average molecular weight is 179 g/mol. The first-order chi connectivity index (χ1) is 6.03. The quantitative estimate of drug-likeness (QED) is 0.749. The van der Waals surface area contributed by atoms with Crippen molar-refractivity contribution in [2.75, 3.05) is 0 Å². The first kappa shape index (κ1) is 9.75. The van der Waals surface area contributed by atoms with Crippen molar-refractivity contribution in [1.29, 1.82) is 5.26 Å². The summed E-state index contributed by atoms with van der Waals surface area (Å²) in [6.07, 6.45) is 2.87. The lowest BCUT2D eigenvalue weighted by Gasteiger charge is -2.22. The van der Waals surface area contributed by atoms with Crippen LogP contribution in [-0.4, -0.2) is 10.5 Å². The average Bonchev–Trinajstić information content (AvgIpc) is 2.50. The third-order valence-electron chi connectivity index (χ3n) is 1.44. The van der Waals surface area contributed by atoms with Crippen LogP contribution >= 0.6 is 0 Å². The van der Waals surface area contributed by atoms with Crippen molar-refractivity contribution in [2.45, 2.75) is 32.4 Å². The minimum Gasteiger partial charge on any atom is -0.446 e. The molecular formula is C9H13N3O. The van der Waals surface area contributed by atoms with E-state index in [2.05, 4.69) is 16.4 Å². The van der Waals surface area contributed by atoms with Gasteiger partial charge in [0.15, 0.2) is 18.2 Å². The minimum atomic E-state index is -0.428. The maximum Gasteiger partial charge on any atom is 0.180 e. The number of rotatable bonds is 2. The number of aromatic nitrogens is 1. The molecule has 0 aliphatic rings. The van der Waals surface area contributed by atoms with Gasteiger partial charge >= 0.3 is 0 Å². The zero-order chi connectivity index (χ0) is 9.90. The summed E-state index contributed by atoms with van der Waals surface area (Å²) in [5, 5.41) is 12.0. The molecule has 0 aliphatic carbocycles. The Labute approximate surface area is 77.6 Å². The number of nitrogens with one attached hydrogen (secondary N) is 1. The first-order valence-corrected chi connectivity index (χ1v) is 4.08. The summed E-state index contributed by atoms with van der Waals surface area (Å²) in [4.78, 5) is 3.76. The van der Waals surface area contributed by atoms with Gasteiger partial charge in [-0.15, -0.1) is 0 Å². The van der Waals surface area contributed by atoms with E-state index in [1.165, 1.54) is 6.39 Å². The molecule has 1 unspecified atom stereocenters. The summed E-state index contributed by atoms with van der Waals surface area (Å²) in [6.45, 7) is 5.98. The van der Waals surface area contributed by atoms with E-state index in [1.54, 1.807) is 6.20 Å². The Bertz CT molecular complexity index is 292. The number of hydrogen-bond acceptors (Lipinski definition) is 4. The van der Waals surface area contributed by atoms with E-state index in [9.17, 15) is 0 Å². The van der Waals surface area contributed by atoms with Crippen LogP contribution in [0.1, 0.15) is 32.6 Å². The van der Waals surface area contributed by atoms with Gasteiger partial charge in [-0.2, -0.15) is 5.26 Å². The molecule has 1 aromatic heterocycles. The Morgan fingerprint density at radius 1 is 1.62 bits per heavy atom. The van der Waals surface area contributed by atoms with Crippen molar-refractivity contribution in [3.63, 3.8) is 0 Å². The maximum absolute atomic E-state index is 8.86. The van der Waals surface area contributed by atoms with E-state index >= 15 is 0 Å². The molecule has 0 radical (unpaired) electrons. The summed E-state index contributed by atoms with van der Waals surface area (Å²) < 4.78 is 5.04. The van der Waals surface area contributed by atoms with Gasteiger partial charge in [0.2, 0.25) is 0 Å². The van der Waals surface area contributed by atoms with E-state index in [0.29, 0.717) is 5.76 Å². The molecule has 1 N–H and O–H groups in total. The second-order valence-corrected chi connectivity index (χ2v) is 3.86. The van der Waals surface area contributed by atoms with Gasteiger partial charge < -0.3 is 4.42 Å². The third kappa shape index (κ3) is 2.88. The molecule has 1 atom stereocenters. The summed E-state index contributed by atoms with van der Waals surface area (Å²) in [5.41, 5.74) is -0.118. The fraction of sp³-hybridized carbons (Fsp3) is 0.556. The van der Waals surface area contributed by atoms with Crippen LogP contribution in [0.4, 0.5) is 0 Å². The molecule has 1 rings (SSSR count). The second-order valence-electron chi connectivity index (χ2n) is 3.86. The molecule has 0 bridgehead atoms. The van der Waals surface area contributed by atoms with Gasteiger partial charge in [-0.1, -0.05) is 0 Å². The SMILES string of the molecule is CC(C)(C)NC(C#N)c1cnco1. The topological polar surface area (TPSA) is 61.9 Å². The summed E-state index contributed by atoms with van der Waals surface area (Å²) in [5.74, 6) is 0.553. The van der Waals surface area contributed by atoms with Gasteiger partial charge in [0.25, 0.3) is 0 Å². The van der Waals surface area contributed by atoms with Crippen LogP contribution < -0.4 is 5.32 Å². The van der Waals surface area contributed by atoms with Crippen molar-refractivity contribution in [3.8, 4) is 6.07 Å². The van der Waals surface area contributed by atoms with Gasteiger partial charge in [-0.3, -0.25) is 5.32 Å². The number of nitrogens with zero attached hydrogens (tertiary/aromatic N) is 2. The van der Waals surface area contributed by atoms with Crippen LogP contribution in [0.15, 0.2) is 17.0 Å². The number of nitriles is 1. The molecule has 0 saturated carbocycles. The van der Waals surface area contributed by atoms with E-state index in [0.717, 1.165) is 0 Å². The van der Waals surface area contributed by atoms with E-state index < -0.39 is 6.04 Å². The molecule has 0 saturated heterocycles. The van der Waals surface area contributed by atoms with Crippen molar-refractivity contribution in [3.05, 3.63) is 18.4 Å². The number of oxazole rings is 1. The zero-order valence-electron chi connectivity index (χ0n) is 8.03. The Morgan fingerprint density at radius 2 is 2.31 bits per heavy atom. The molecule has 1 aromatic rings. The monoisotopic (exact) mass is 179 g/mol. The maximum atomic E-state index is 8.86. The Kier molecular flexibility index (Phi) is 2.69. The normalized spacial score (nSPS) is 13.7. The smallest absolute Gasteiger partial charge is 0.180 e. The van der Waals surface area contributed by atoms with Gasteiger partial charge in [0, 0.05) is 5.54 Å². The lowest BCUT2D eigenvalue weighted by molar-refractivity contribution is 0.362. The lowest BCUT2D eigenvalue weighted by atomic mass is 10.1. The fourth-order valence-corrected chi connectivity index (χ4v) is 0.968. The van der Waals surface area contributed by atoms with E-state index in [1.807, 2.05) is 20.8 Å². The third-order valence-corrected chi connectivity index (χ3v) is 1.44. The van der Waals surface area contributed by atoms with Crippen LogP contribution in [0.5, 0.6) is 0 Å². The van der Waals surface area contributed by atoms with Crippen molar-refractivity contribution in [1.82, 2.24) is 10.3 Å². The Hall–Kier alpha value is -1.34. The molecule has 0 spiro atoms. The van der Waals surface area contributed by atoms with Crippen molar-refractivity contribution < 1.29 is 4.42 Å². The van der Waals surface area contributed by atoms with Gasteiger partial charge in [0.1, 0.15) is 0 Å². The van der Waals surface area contributed by atoms with Crippen LogP contribution in [0, 0.1) is 11.3 Å². The molecule has 0 fully saturated rings. The van der Waals surface area contributed by atoms with Gasteiger partial charge in [-0.25, -0.2) is 4.98 Å². The summed E-state index contributed by atoms with van der Waals surface area (Å²) in [6, 6.07) is 1.69. The fourth-order valence-electron chi connectivity index (χ4n) is 0.968. The highest BCUT2D eigenvalue weighted by atomic mass is 16.3. The molecular weight excluding hydrogens is 166 g/mol. The second kappa shape index (κ2) is 3.58. The molecule has 70 valence electrons. The van der Waals surface area contributed by atoms with Crippen LogP contribution in [0.3, 0.4) is 0 Å². The largest absolute Gasteiger partial charge is 0.446 e. The lowest BCUT2D eigenvalue weighted by Crippen LogP contribution is -2.38. The predicted octanol–water partition coefficient (Wildman–Crippen LogP) is 1.63. The van der Waals surface area contributed by atoms with Gasteiger partial charge in [0.05, 0.1) is 12.3 Å². The highest BCUT2D eigenvalue weighted by molar-refractivity contribution is 5.09. The molecule has 0 aliphatic heterocycles. The summed E-state index contributed by atoms with van der Waals surface area (Å²) in [7, 11) is 0. The Morgan fingerprint density at radius 3 is 2.69 bits per heavy atom. The van der Waals surface area contributed by atoms with Crippen LogP contribution in [0.2, 0.25) is 0 Å². The van der Waals surface area contributed by atoms with Crippen molar-refractivity contribution in [2.24, 2.45) is 0 Å².